The standard InChI is InChI=1S/C42H80N8O7/c1-8-10-11-12-13-14-15-16-17-18-19-20-21-24-35(51)48-33(26-29(3)4)39(54)50-37(31(7)9-2)40(55)46-28-36(52)47-32(23-22-25-45-42(43)44)38(53)49-34(41(56)57)27-30(5)6/h29-34,37H,8-28H2,1-7H3,(H,46,55)(H,47,52)(H,48,51)(H,49,53)(H,50,54)(H,56,57)(H4,43,44,45)/t31-,32-,33-,34-,37-/m0/s1. The van der Waals surface area contributed by atoms with Crippen LogP contribution in [0.3, 0.4) is 0 Å². The fraction of sp³-hybridized carbons (Fsp3) is 0.833. The van der Waals surface area contributed by atoms with Crippen LogP contribution in [-0.4, -0.2) is 83.8 Å². The molecule has 5 amide bonds. The Labute approximate surface area is 343 Å². The van der Waals surface area contributed by atoms with E-state index in [4.69, 9.17) is 11.5 Å². The molecule has 0 bridgehead atoms. The molecule has 0 aliphatic carbocycles. The summed E-state index contributed by atoms with van der Waals surface area (Å²) in [6.07, 6.45) is 17.6. The summed E-state index contributed by atoms with van der Waals surface area (Å²) in [5.41, 5.74) is 10.8. The average molecular weight is 809 g/mol. The van der Waals surface area contributed by atoms with Gasteiger partial charge in [-0.3, -0.25) is 29.0 Å². The summed E-state index contributed by atoms with van der Waals surface area (Å²) in [5, 5.41) is 23.0. The van der Waals surface area contributed by atoms with Crippen LogP contribution in [0.2, 0.25) is 0 Å². The first kappa shape index (κ1) is 53.1. The molecule has 0 aromatic heterocycles. The summed E-state index contributed by atoms with van der Waals surface area (Å²) in [7, 11) is 0. The summed E-state index contributed by atoms with van der Waals surface area (Å²) in [6, 6.07) is -4.10. The summed E-state index contributed by atoms with van der Waals surface area (Å²) >= 11 is 0. The number of nitrogens with one attached hydrogen (secondary N) is 5. The van der Waals surface area contributed by atoms with E-state index < -0.39 is 60.3 Å². The molecule has 57 heavy (non-hydrogen) atoms. The van der Waals surface area contributed by atoms with Crippen LogP contribution in [0.4, 0.5) is 0 Å². The van der Waals surface area contributed by atoms with Gasteiger partial charge in [-0.2, -0.15) is 0 Å². The van der Waals surface area contributed by atoms with E-state index in [-0.39, 0.29) is 49.0 Å². The molecule has 0 radical (unpaired) electrons. The number of carboxylic acid groups (broad SMARTS) is 1. The molecule has 15 heteroatoms. The molecule has 330 valence electrons. The number of carbonyl (C=O) groups excluding carboxylic acids is 5. The minimum Gasteiger partial charge on any atom is -0.480 e. The van der Waals surface area contributed by atoms with Crippen LogP contribution in [0.1, 0.15) is 170 Å². The molecular formula is C42H80N8O7. The van der Waals surface area contributed by atoms with Gasteiger partial charge < -0.3 is 43.2 Å². The van der Waals surface area contributed by atoms with Gasteiger partial charge in [0.15, 0.2) is 5.96 Å². The lowest BCUT2D eigenvalue weighted by molar-refractivity contribution is -0.142. The predicted octanol–water partition coefficient (Wildman–Crippen LogP) is 4.80. The highest BCUT2D eigenvalue weighted by atomic mass is 16.4. The second-order valence-electron chi connectivity index (χ2n) is 16.4. The Morgan fingerprint density at radius 2 is 1.07 bits per heavy atom. The second-order valence-corrected chi connectivity index (χ2v) is 16.4. The molecule has 0 fully saturated rings. The average Bonchev–Trinajstić information content (AvgIpc) is 3.14. The number of carboxylic acids is 1. The molecule has 0 aromatic rings. The maximum Gasteiger partial charge on any atom is 0.326 e. The van der Waals surface area contributed by atoms with E-state index in [2.05, 4.69) is 38.5 Å². The van der Waals surface area contributed by atoms with Gasteiger partial charge in [-0.1, -0.05) is 132 Å². The monoisotopic (exact) mass is 809 g/mol. The first-order valence-electron chi connectivity index (χ1n) is 21.8. The fourth-order valence-corrected chi connectivity index (χ4v) is 6.49. The molecule has 0 heterocycles. The Morgan fingerprint density at radius 1 is 0.579 bits per heavy atom. The van der Waals surface area contributed by atoms with E-state index >= 15 is 0 Å². The topological polar surface area (TPSA) is 247 Å². The molecule has 0 aliphatic rings. The fourth-order valence-electron chi connectivity index (χ4n) is 6.49. The molecule has 0 saturated heterocycles. The van der Waals surface area contributed by atoms with Gasteiger partial charge in [0.1, 0.15) is 24.2 Å². The third-order valence-electron chi connectivity index (χ3n) is 10.0. The van der Waals surface area contributed by atoms with Gasteiger partial charge in [0.25, 0.3) is 0 Å². The van der Waals surface area contributed by atoms with Crippen molar-refractivity contribution in [3.8, 4) is 0 Å². The van der Waals surface area contributed by atoms with E-state index in [0.717, 1.165) is 19.3 Å². The van der Waals surface area contributed by atoms with E-state index in [1.807, 2.05) is 41.5 Å². The first-order valence-corrected chi connectivity index (χ1v) is 21.8. The maximum atomic E-state index is 13.6. The lowest BCUT2D eigenvalue weighted by Gasteiger charge is -2.27. The molecule has 0 aliphatic heterocycles. The number of unbranched alkanes of at least 4 members (excludes halogenated alkanes) is 12. The molecule has 0 unspecified atom stereocenters. The van der Waals surface area contributed by atoms with Gasteiger partial charge >= 0.3 is 5.97 Å². The van der Waals surface area contributed by atoms with Crippen molar-refractivity contribution in [1.29, 1.82) is 0 Å². The Hall–Kier alpha value is -3.91. The molecule has 0 aromatic carbocycles. The van der Waals surface area contributed by atoms with Crippen LogP contribution >= 0.6 is 0 Å². The van der Waals surface area contributed by atoms with Crippen molar-refractivity contribution in [1.82, 2.24) is 26.6 Å². The van der Waals surface area contributed by atoms with Crippen molar-refractivity contribution in [3.63, 3.8) is 0 Å². The number of rotatable bonds is 34. The number of guanidine groups is 1. The van der Waals surface area contributed by atoms with Crippen molar-refractivity contribution < 1.29 is 33.9 Å². The number of aliphatic carboxylic acids is 1. The van der Waals surface area contributed by atoms with Gasteiger partial charge in [0, 0.05) is 13.0 Å². The highest BCUT2D eigenvalue weighted by molar-refractivity contribution is 5.95. The minimum absolute atomic E-state index is 0.0127. The zero-order chi connectivity index (χ0) is 43.2. The number of hydrogen-bond donors (Lipinski definition) is 8. The van der Waals surface area contributed by atoms with Crippen LogP contribution in [-0.2, 0) is 28.8 Å². The van der Waals surface area contributed by atoms with Crippen molar-refractivity contribution >= 4 is 41.5 Å². The Morgan fingerprint density at radius 3 is 1.56 bits per heavy atom. The number of aliphatic imine (C=N–C) groups is 1. The lowest BCUT2D eigenvalue weighted by atomic mass is 9.96. The van der Waals surface area contributed by atoms with Gasteiger partial charge in [-0.15, -0.1) is 0 Å². The summed E-state index contributed by atoms with van der Waals surface area (Å²) in [6.45, 7) is 13.2. The number of carbonyl (C=O) groups is 6. The van der Waals surface area contributed by atoms with Crippen LogP contribution in [0.25, 0.3) is 0 Å². The third kappa shape index (κ3) is 27.4. The highest BCUT2D eigenvalue weighted by Crippen LogP contribution is 2.15. The van der Waals surface area contributed by atoms with Gasteiger partial charge in [0.2, 0.25) is 29.5 Å². The van der Waals surface area contributed by atoms with Crippen molar-refractivity contribution in [2.75, 3.05) is 13.1 Å². The SMILES string of the molecule is CCCCCCCCCCCCCCCC(=O)N[C@@H](CC(C)C)C(=O)N[C@H](C(=O)NCC(=O)N[C@@H](CCCN=C(N)N)C(=O)N[C@@H](CC(C)C)C(=O)O)[C@@H](C)CC. The van der Waals surface area contributed by atoms with Crippen LogP contribution in [0, 0.1) is 17.8 Å². The van der Waals surface area contributed by atoms with Gasteiger partial charge in [-0.25, -0.2) is 4.79 Å². The van der Waals surface area contributed by atoms with E-state index in [0.29, 0.717) is 25.7 Å². The highest BCUT2D eigenvalue weighted by Gasteiger charge is 2.31. The number of nitrogens with zero attached hydrogens (tertiary/aromatic N) is 1. The number of amides is 5. The zero-order valence-corrected chi connectivity index (χ0v) is 36.4. The predicted molar refractivity (Wildman–Crippen MR) is 227 cm³/mol. The summed E-state index contributed by atoms with van der Waals surface area (Å²) in [5.74, 6) is -4.19. The molecule has 5 atom stereocenters. The number of nitrogens with two attached hydrogens (primary N) is 2. The Kier molecular flexibility index (Phi) is 29.9. The van der Waals surface area contributed by atoms with Crippen LogP contribution in [0.15, 0.2) is 4.99 Å². The smallest absolute Gasteiger partial charge is 0.326 e. The zero-order valence-electron chi connectivity index (χ0n) is 36.4. The molecule has 0 rings (SSSR count). The largest absolute Gasteiger partial charge is 0.480 e. The van der Waals surface area contributed by atoms with Gasteiger partial charge in [0.05, 0.1) is 6.54 Å². The quantitative estimate of drug-likeness (QED) is 0.0252. The maximum absolute atomic E-state index is 13.6. The molecule has 10 N–H and O–H groups in total. The molecule has 0 saturated carbocycles. The van der Waals surface area contributed by atoms with E-state index in [1.54, 1.807) is 0 Å². The van der Waals surface area contributed by atoms with E-state index in [9.17, 15) is 33.9 Å². The van der Waals surface area contributed by atoms with Crippen LogP contribution in [0.5, 0.6) is 0 Å². The lowest BCUT2D eigenvalue weighted by Crippen LogP contribution is -2.57. The second kappa shape index (κ2) is 32.1. The first-order chi connectivity index (χ1) is 27.0. The molecule has 15 nitrogen and oxygen atoms in total. The van der Waals surface area contributed by atoms with Crippen molar-refractivity contribution in [2.24, 2.45) is 34.2 Å². The third-order valence-corrected chi connectivity index (χ3v) is 10.0. The van der Waals surface area contributed by atoms with Crippen molar-refractivity contribution in [2.45, 2.75) is 195 Å². The Balaban J connectivity index is 5.24. The molecular weight excluding hydrogens is 729 g/mol. The normalized spacial score (nSPS) is 13.8. The Bertz CT molecular complexity index is 1210. The minimum atomic E-state index is -1.20. The van der Waals surface area contributed by atoms with Crippen LogP contribution < -0.4 is 38.1 Å². The van der Waals surface area contributed by atoms with E-state index in [1.165, 1.54) is 64.2 Å². The summed E-state index contributed by atoms with van der Waals surface area (Å²) < 4.78 is 0. The van der Waals surface area contributed by atoms with Gasteiger partial charge in [-0.05, 0) is 49.9 Å². The van der Waals surface area contributed by atoms with Crippen molar-refractivity contribution in [3.05, 3.63) is 0 Å². The number of hydrogen-bond acceptors (Lipinski definition) is 7. The summed E-state index contributed by atoms with van der Waals surface area (Å²) in [4.78, 5) is 81.8. The molecule has 0 spiro atoms.